The minimum Gasteiger partial charge on any atom is -0.326 e. The smallest absolute Gasteiger partial charge is 0.261 e. The Hall–Kier alpha value is -2.34. The zero-order valence-electron chi connectivity index (χ0n) is 13.9. The Kier molecular flexibility index (Phi) is 3.87. The number of nitrogens with one attached hydrogen (secondary N) is 2. The third-order valence-electron chi connectivity index (χ3n) is 4.21. The second-order valence-electron chi connectivity index (χ2n) is 6.79. The highest BCUT2D eigenvalue weighted by Gasteiger charge is 2.32. The van der Waals surface area contributed by atoms with Gasteiger partial charge in [0.1, 0.15) is 0 Å². The summed E-state index contributed by atoms with van der Waals surface area (Å²) < 4.78 is 27.6. The highest BCUT2D eigenvalue weighted by molar-refractivity contribution is 7.92. The topological polar surface area (TPSA) is 75.3 Å². The Bertz CT molecular complexity index is 900. The number of aryl methyl sites for hydroxylation is 1. The minimum absolute atomic E-state index is 0.0273. The first kappa shape index (κ1) is 16.5. The highest BCUT2D eigenvalue weighted by Crippen LogP contribution is 2.38. The van der Waals surface area contributed by atoms with E-state index in [1.165, 1.54) is 0 Å². The Morgan fingerprint density at radius 3 is 2.42 bits per heavy atom. The molecule has 0 aromatic heterocycles. The van der Waals surface area contributed by atoms with E-state index >= 15 is 0 Å². The van der Waals surface area contributed by atoms with Gasteiger partial charge in [-0.3, -0.25) is 9.52 Å². The molecule has 6 heteroatoms. The molecule has 0 spiro atoms. The number of hydrogen-bond donors (Lipinski definition) is 2. The molecule has 0 unspecified atom stereocenters. The summed E-state index contributed by atoms with van der Waals surface area (Å²) in [7, 11) is -3.64. The Labute approximate surface area is 142 Å². The highest BCUT2D eigenvalue weighted by atomic mass is 32.2. The van der Waals surface area contributed by atoms with E-state index in [-0.39, 0.29) is 16.2 Å². The van der Waals surface area contributed by atoms with Crippen molar-refractivity contribution >= 4 is 27.3 Å². The van der Waals surface area contributed by atoms with E-state index in [4.69, 9.17) is 0 Å². The van der Waals surface area contributed by atoms with Crippen LogP contribution >= 0.6 is 0 Å². The molecule has 0 bridgehead atoms. The third-order valence-corrected chi connectivity index (χ3v) is 5.61. The number of rotatable bonds is 3. The predicted molar refractivity (Wildman–Crippen MR) is 94.7 cm³/mol. The molecule has 2 aromatic rings. The molecule has 1 amide bonds. The fraction of sp³-hybridized carbons (Fsp3) is 0.278. The second-order valence-corrected chi connectivity index (χ2v) is 8.47. The average molecular weight is 344 g/mol. The van der Waals surface area contributed by atoms with Gasteiger partial charge in [0.2, 0.25) is 5.91 Å². The van der Waals surface area contributed by atoms with Crippen LogP contribution in [0.1, 0.15) is 31.4 Å². The molecule has 1 aliphatic rings. The third kappa shape index (κ3) is 3.14. The van der Waals surface area contributed by atoms with Crippen molar-refractivity contribution in [3.8, 4) is 0 Å². The molecule has 2 N–H and O–H groups in total. The van der Waals surface area contributed by atoms with Gasteiger partial charge in [-0.15, -0.1) is 0 Å². The van der Waals surface area contributed by atoms with Crippen molar-refractivity contribution in [3.05, 3.63) is 53.6 Å². The summed E-state index contributed by atoms with van der Waals surface area (Å²) in [5, 5.41) is 2.83. The lowest BCUT2D eigenvalue weighted by molar-refractivity contribution is -0.117. The first-order valence-corrected chi connectivity index (χ1v) is 9.20. The largest absolute Gasteiger partial charge is 0.326 e. The first-order valence-electron chi connectivity index (χ1n) is 7.71. The molecular weight excluding hydrogens is 324 g/mol. The van der Waals surface area contributed by atoms with Gasteiger partial charge < -0.3 is 5.32 Å². The molecular formula is C18H20N2O3S. The van der Waals surface area contributed by atoms with Crippen LogP contribution in [0.2, 0.25) is 0 Å². The molecule has 0 aliphatic carbocycles. The van der Waals surface area contributed by atoms with E-state index in [0.717, 1.165) is 16.8 Å². The Balaban J connectivity index is 1.94. The van der Waals surface area contributed by atoms with Crippen molar-refractivity contribution in [1.82, 2.24) is 0 Å². The van der Waals surface area contributed by atoms with Crippen LogP contribution in [0.4, 0.5) is 11.4 Å². The number of amides is 1. The molecule has 126 valence electrons. The SMILES string of the molecule is Cc1ccc(S(=O)(=O)Nc2ccc3c(c2)C(C)(C)CC(=O)N3)cc1. The number of carbonyl (C=O) groups excluding carboxylic acids is 1. The molecule has 2 aromatic carbocycles. The second kappa shape index (κ2) is 5.63. The number of sulfonamides is 1. The maximum atomic E-state index is 12.5. The minimum atomic E-state index is -3.64. The zero-order valence-corrected chi connectivity index (χ0v) is 14.7. The van der Waals surface area contributed by atoms with Crippen LogP contribution in [0.15, 0.2) is 47.4 Å². The summed E-state index contributed by atoms with van der Waals surface area (Å²) in [6.45, 7) is 5.86. The fourth-order valence-electron chi connectivity index (χ4n) is 2.90. The van der Waals surface area contributed by atoms with Crippen molar-refractivity contribution in [3.63, 3.8) is 0 Å². The van der Waals surface area contributed by atoms with Crippen LogP contribution in [0, 0.1) is 6.92 Å². The molecule has 5 nitrogen and oxygen atoms in total. The number of benzene rings is 2. The summed E-state index contributed by atoms with van der Waals surface area (Å²) >= 11 is 0. The number of anilines is 2. The molecule has 1 aliphatic heterocycles. The van der Waals surface area contributed by atoms with Crippen molar-refractivity contribution in [2.45, 2.75) is 37.5 Å². The van der Waals surface area contributed by atoms with Crippen LogP contribution in [0.25, 0.3) is 0 Å². The summed E-state index contributed by atoms with van der Waals surface area (Å²) in [5.74, 6) is -0.0273. The van der Waals surface area contributed by atoms with Crippen molar-refractivity contribution < 1.29 is 13.2 Å². The molecule has 3 rings (SSSR count). The summed E-state index contributed by atoms with van der Waals surface area (Å²) in [4.78, 5) is 12.0. The van der Waals surface area contributed by atoms with Gasteiger partial charge in [0.25, 0.3) is 10.0 Å². The molecule has 0 radical (unpaired) electrons. The number of fused-ring (bicyclic) bond motifs is 1. The molecule has 0 atom stereocenters. The van der Waals surface area contributed by atoms with Crippen LogP contribution in [-0.4, -0.2) is 14.3 Å². The predicted octanol–water partition coefficient (Wildman–Crippen LogP) is 3.42. The molecule has 0 fully saturated rings. The van der Waals surface area contributed by atoms with Gasteiger partial charge in [0, 0.05) is 23.2 Å². The van der Waals surface area contributed by atoms with Gasteiger partial charge in [-0.2, -0.15) is 0 Å². The van der Waals surface area contributed by atoms with E-state index in [0.29, 0.717) is 12.1 Å². The maximum absolute atomic E-state index is 12.5. The summed E-state index contributed by atoms with van der Waals surface area (Å²) in [5.41, 5.74) is 2.79. The lowest BCUT2D eigenvalue weighted by Crippen LogP contribution is -2.32. The van der Waals surface area contributed by atoms with E-state index < -0.39 is 10.0 Å². The van der Waals surface area contributed by atoms with Gasteiger partial charge in [-0.1, -0.05) is 31.5 Å². The van der Waals surface area contributed by atoms with E-state index in [1.54, 1.807) is 42.5 Å². The molecule has 0 saturated heterocycles. The number of carbonyl (C=O) groups is 1. The molecule has 1 heterocycles. The zero-order chi connectivity index (χ0) is 17.5. The van der Waals surface area contributed by atoms with Crippen molar-refractivity contribution in [1.29, 1.82) is 0 Å². The summed E-state index contributed by atoms with van der Waals surface area (Å²) in [6.07, 6.45) is 0.369. The molecule has 24 heavy (non-hydrogen) atoms. The Morgan fingerprint density at radius 1 is 1.08 bits per heavy atom. The average Bonchev–Trinajstić information content (AvgIpc) is 2.47. The van der Waals surface area contributed by atoms with Crippen molar-refractivity contribution in [2.24, 2.45) is 0 Å². The quantitative estimate of drug-likeness (QED) is 0.896. The van der Waals surface area contributed by atoms with Crippen LogP contribution < -0.4 is 10.0 Å². The van der Waals surface area contributed by atoms with E-state index in [1.807, 2.05) is 20.8 Å². The van der Waals surface area contributed by atoms with Crippen molar-refractivity contribution in [2.75, 3.05) is 10.0 Å². The van der Waals surface area contributed by atoms with Gasteiger partial charge in [0.15, 0.2) is 0 Å². The van der Waals surface area contributed by atoms with E-state index in [2.05, 4.69) is 10.0 Å². The monoisotopic (exact) mass is 344 g/mol. The first-order chi connectivity index (χ1) is 11.2. The van der Waals surface area contributed by atoms with E-state index in [9.17, 15) is 13.2 Å². The number of hydrogen-bond acceptors (Lipinski definition) is 3. The molecule has 0 saturated carbocycles. The van der Waals surface area contributed by atoms with Crippen LogP contribution in [0.3, 0.4) is 0 Å². The standard InChI is InChI=1S/C18H20N2O3S/c1-12-4-7-14(8-5-12)24(22,23)20-13-6-9-16-15(10-13)18(2,3)11-17(21)19-16/h4-10,20H,11H2,1-3H3,(H,19,21). The normalized spacial score (nSPS) is 16.2. The lowest BCUT2D eigenvalue weighted by atomic mass is 9.78. The van der Waals surface area contributed by atoms with Gasteiger partial charge >= 0.3 is 0 Å². The van der Waals surface area contributed by atoms with Gasteiger partial charge in [-0.25, -0.2) is 8.42 Å². The fourth-order valence-corrected chi connectivity index (χ4v) is 3.95. The summed E-state index contributed by atoms with van der Waals surface area (Å²) in [6, 6.07) is 11.9. The maximum Gasteiger partial charge on any atom is 0.261 e. The van der Waals surface area contributed by atoms with Gasteiger partial charge in [-0.05, 0) is 42.8 Å². The van der Waals surface area contributed by atoms with Crippen LogP contribution in [-0.2, 0) is 20.2 Å². The lowest BCUT2D eigenvalue weighted by Gasteiger charge is -2.32. The van der Waals surface area contributed by atoms with Gasteiger partial charge in [0.05, 0.1) is 4.90 Å². The Morgan fingerprint density at radius 2 is 1.75 bits per heavy atom. The van der Waals surface area contributed by atoms with Crippen LogP contribution in [0.5, 0.6) is 0 Å².